The monoisotopic (exact) mass is 449 g/mol. The van der Waals surface area contributed by atoms with Crippen LogP contribution in [0.15, 0.2) is 24.3 Å². The quantitative estimate of drug-likeness (QED) is 0.302. The van der Waals surface area contributed by atoms with Crippen molar-refractivity contribution in [1.29, 1.82) is 0 Å². The number of aliphatic carboxylic acids is 1. The average Bonchev–Trinajstić information content (AvgIpc) is 2.73. The summed E-state index contributed by atoms with van der Waals surface area (Å²) in [6, 6.07) is 8.33. The maximum absolute atomic E-state index is 12.4. The normalized spacial score (nSPS) is 11.3. The van der Waals surface area contributed by atoms with Crippen LogP contribution in [0.3, 0.4) is 0 Å². The van der Waals surface area contributed by atoms with Crippen molar-refractivity contribution in [1.82, 2.24) is 5.32 Å². The van der Waals surface area contributed by atoms with Gasteiger partial charge in [-0.3, -0.25) is 14.4 Å². The molecule has 0 fully saturated rings. The van der Waals surface area contributed by atoms with Crippen molar-refractivity contribution >= 4 is 17.8 Å². The molecule has 0 heterocycles. The summed E-state index contributed by atoms with van der Waals surface area (Å²) in [4.78, 5) is 34.9. The van der Waals surface area contributed by atoms with E-state index in [1.54, 1.807) is 0 Å². The number of carboxylic acids is 1. The lowest BCUT2D eigenvalue weighted by atomic mass is 9.93. The fourth-order valence-electron chi connectivity index (χ4n) is 2.91. The molecule has 6 heteroatoms. The van der Waals surface area contributed by atoms with Gasteiger partial charge in [0.1, 0.15) is 6.54 Å². The summed E-state index contributed by atoms with van der Waals surface area (Å²) in [6.07, 6.45) is 5.67. The summed E-state index contributed by atoms with van der Waals surface area (Å²) < 4.78 is 5.14. The van der Waals surface area contributed by atoms with Gasteiger partial charge in [-0.05, 0) is 49.1 Å². The molecule has 0 aliphatic rings. The summed E-state index contributed by atoms with van der Waals surface area (Å²) >= 11 is 0. The van der Waals surface area contributed by atoms with Crippen LogP contribution < -0.4 is 5.32 Å². The zero-order chi connectivity index (χ0) is 24.4. The Kier molecular flexibility index (Phi) is 16.9. The minimum atomic E-state index is -1.09. The first-order valence-electron chi connectivity index (χ1n) is 11.9. The van der Waals surface area contributed by atoms with Gasteiger partial charge in [0.25, 0.3) is 0 Å². The van der Waals surface area contributed by atoms with Gasteiger partial charge < -0.3 is 15.2 Å². The molecule has 182 valence electrons. The molecule has 32 heavy (non-hydrogen) atoms. The van der Waals surface area contributed by atoms with E-state index in [4.69, 9.17) is 9.84 Å². The summed E-state index contributed by atoms with van der Waals surface area (Å²) in [6.45, 7) is 10.6. The topological polar surface area (TPSA) is 92.7 Å². The van der Waals surface area contributed by atoms with Crippen LogP contribution in [-0.4, -0.2) is 36.1 Å². The number of nitrogens with one attached hydrogen (secondary N) is 1. The maximum atomic E-state index is 12.4. The highest BCUT2D eigenvalue weighted by atomic mass is 16.5. The molecule has 6 nitrogen and oxygen atoms in total. The van der Waals surface area contributed by atoms with Crippen LogP contribution in [0.1, 0.15) is 84.3 Å². The number of amides is 1. The standard InChI is InChI=1S/C22H33NO5.C4H10/c1-3-5-15-28-21(26)14-13-19(22(27)23-16-20(24)25)12-11-18-9-7-17(6-4-2)8-10-18;1-4(2)3/h7-10,19H,3-6,11-16H2,1-2H3,(H,23,27)(H,24,25);4H,1-3H3/t19-;/m1./s1. The Morgan fingerprint density at radius 1 is 0.938 bits per heavy atom. The summed E-state index contributed by atoms with van der Waals surface area (Å²) in [5.41, 5.74) is 2.42. The van der Waals surface area contributed by atoms with Crippen molar-refractivity contribution in [3.8, 4) is 0 Å². The molecule has 0 radical (unpaired) electrons. The molecule has 1 amide bonds. The predicted octanol–water partition coefficient (Wildman–Crippen LogP) is 5.17. The molecule has 2 N–H and O–H groups in total. The number of hydrogen-bond donors (Lipinski definition) is 2. The Balaban J connectivity index is 0.00000220. The maximum Gasteiger partial charge on any atom is 0.322 e. The lowest BCUT2D eigenvalue weighted by molar-refractivity contribution is -0.144. The predicted molar refractivity (Wildman–Crippen MR) is 129 cm³/mol. The second-order valence-electron chi connectivity index (χ2n) is 8.76. The lowest BCUT2D eigenvalue weighted by Gasteiger charge is -2.16. The van der Waals surface area contributed by atoms with Gasteiger partial charge >= 0.3 is 11.9 Å². The van der Waals surface area contributed by atoms with Crippen molar-refractivity contribution in [2.75, 3.05) is 13.2 Å². The summed E-state index contributed by atoms with van der Waals surface area (Å²) in [5, 5.41) is 11.2. The van der Waals surface area contributed by atoms with Gasteiger partial charge in [0.15, 0.2) is 0 Å². The molecular formula is C26H43NO5. The zero-order valence-electron chi connectivity index (χ0n) is 20.6. The minimum absolute atomic E-state index is 0.157. The molecule has 1 rings (SSSR count). The van der Waals surface area contributed by atoms with E-state index < -0.39 is 18.4 Å². The molecule has 0 saturated heterocycles. The van der Waals surface area contributed by atoms with E-state index >= 15 is 0 Å². The van der Waals surface area contributed by atoms with E-state index in [-0.39, 0.29) is 18.3 Å². The Bertz CT molecular complexity index is 652. The Morgan fingerprint density at radius 2 is 1.50 bits per heavy atom. The number of aryl methyl sites for hydroxylation is 2. The van der Waals surface area contributed by atoms with Gasteiger partial charge in [-0.1, -0.05) is 71.7 Å². The molecule has 0 spiro atoms. The highest BCUT2D eigenvalue weighted by Crippen LogP contribution is 2.17. The molecular weight excluding hydrogens is 406 g/mol. The number of benzene rings is 1. The fraction of sp³-hybridized carbons (Fsp3) is 0.654. The van der Waals surface area contributed by atoms with Gasteiger partial charge in [0.2, 0.25) is 5.91 Å². The van der Waals surface area contributed by atoms with Crippen LogP contribution in [-0.2, 0) is 32.0 Å². The molecule has 0 bridgehead atoms. The fourth-order valence-corrected chi connectivity index (χ4v) is 2.91. The number of esters is 1. The van der Waals surface area contributed by atoms with Crippen molar-refractivity contribution in [3.63, 3.8) is 0 Å². The highest BCUT2D eigenvalue weighted by molar-refractivity contribution is 5.83. The Hall–Kier alpha value is -2.37. The van der Waals surface area contributed by atoms with E-state index in [0.717, 1.165) is 37.2 Å². The molecule has 0 aliphatic carbocycles. The van der Waals surface area contributed by atoms with E-state index in [0.29, 0.717) is 25.9 Å². The van der Waals surface area contributed by atoms with E-state index in [1.807, 2.05) is 6.92 Å². The Labute approximate surface area is 194 Å². The van der Waals surface area contributed by atoms with Crippen LogP contribution >= 0.6 is 0 Å². The third-order valence-corrected chi connectivity index (χ3v) is 4.59. The van der Waals surface area contributed by atoms with Crippen molar-refractivity contribution in [2.45, 2.75) is 86.0 Å². The lowest BCUT2D eigenvalue weighted by Crippen LogP contribution is -2.35. The number of carbonyl (C=O) groups is 3. The van der Waals surface area contributed by atoms with E-state index in [2.05, 4.69) is 57.3 Å². The van der Waals surface area contributed by atoms with Gasteiger partial charge in [0, 0.05) is 12.3 Å². The first kappa shape index (κ1) is 29.6. The molecule has 0 aromatic heterocycles. The Morgan fingerprint density at radius 3 is 2.00 bits per heavy atom. The van der Waals surface area contributed by atoms with Crippen LogP contribution in [0.2, 0.25) is 0 Å². The molecule has 1 aromatic rings. The molecule has 0 aliphatic heterocycles. The SMILES string of the molecule is CC(C)C.CCCCOC(=O)CC[C@@H](CCc1ccc(CCC)cc1)C(=O)NCC(=O)O. The van der Waals surface area contributed by atoms with E-state index in [1.165, 1.54) is 5.56 Å². The number of carbonyl (C=O) groups excluding carboxylic acids is 2. The summed E-state index contributed by atoms with van der Waals surface area (Å²) in [5.74, 6) is -1.31. The molecule has 0 saturated carbocycles. The minimum Gasteiger partial charge on any atom is -0.480 e. The number of hydrogen-bond acceptors (Lipinski definition) is 4. The third kappa shape index (κ3) is 16.3. The first-order valence-corrected chi connectivity index (χ1v) is 11.9. The number of unbranched alkanes of at least 4 members (excludes halogenated alkanes) is 1. The van der Waals surface area contributed by atoms with E-state index in [9.17, 15) is 14.4 Å². The number of ether oxygens (including phenoxy) is 1. The summed E-state index contributed by atoms with van der Waals surface area (Å²) in [7, 11) is 0. The third-order valence-electron chi connectivity index (χ3n) is 4.59. The van der Waals surface area contributed by atoms with Gasteiger partial charge in [-0.25, -0.2) is 0 Å². The molecule has 0 unspecified atom stereocenters. The number of rotatable bonds is 14. The van der Waals surface area contributed by atoms with Crippen LogP contribution in [0.25, 0.3) is 0 Å². The van der Waals surface area contributed by atoms with Crippen LogP contribution in [0.5, 0.6) is 0 Å². The van der Waals surface area contributed by atoms with Crippen molar-refractivity contribution in [2.24, 2.45) is 11.8 Å². The first-order chi connectivity index (χ1) is 15.2. The van der Waals surface area contributed by atoms with Crippen LogP contribution in [0.4, 0.5) is 0 Å². The second kappa shape index (κ2) is 18.2. The largest absolute Gasteiger partial charge is 0.480 e. The van der Waals surface area contributed by atoms with Gasteiger partial charge in [-0.15, -0.1) is 0 Å². The van der Waals surface area contributed by atoms with Gasteiger partial charge in [-0.2, -0.15) is 0 Å². The average molecular weight is 450 g/mol. The van der Waals surface area contributed by atoms with Gasteiger partial charge in [0.05, 0.1) is 6.61 Å². The van der Waals surface area contributed by atoms with Crippen LogP contribution in [0, 0.1) is 11.8 Å². The second-order valence-corrected chi connectivity index (χ2v) is 8.76. The van der Waals surface area contributed by atoms with Crippen molar-refractivity contribution < 1.29 is 24.2 Å². The smallest absolute Gasteiger partial charge is 0.322 e. The number of carboxylic acid groups (broad SMARTS) is 1. The molecule has 1 aromatic carbocycles. The zero-order valence-corrected chi connectivity index (χ0v) is 20.6. The molecule has 1 atom stereocenters. The van der Waals surface area contributed by atoms with Crippen molar-refractivity contribution in [3.05, 3.63) is 35.4 Å². The highest BCUT2D eigenvalue weighted by Gasteiger charge is 2.20.